The van der Waals surface area contributed by atoms with Crippen molar-refractivity contribution >= 4 is 27.5 Å². The van der Waals surface area contributed by atoms with Crippen LogP contribution < -0.4 is 11.2 Å². The summed E-state index contributed by atoms with van der Waals surface area (Å²) in [4.78, 5) is 32.8. The van der Waals surface area contributed by atoms with Crippen LogP contribution in [0.1, 0.15) is 24.3 Å². The van der Waals surface area contributed by atoms with E-state index >= 15 is 0 Å². The van der Waals surface area contributed by atoms with E-state index in [1.807, 2.05) is 13.8 Å². The van der Waals surface area contributed by atoms with Crippen LogP contribution in [0.3, 0.4) is 0 Å². The van der Waals surface area contributed by atoms with Gasteiger partial charge in [-0.25, -0.2) is 9.79 Å². The van der Waals surface area contributed by atoms with Gasteiger partial charge in [0.25, 0.3) is 5.56 Å². The minimum absolute atomic E-state index is 0.126. The molecule has 0 aliphatic carbocycles. The van der Waals surface area contributed by atoms with E-state index in [2.05, 4.69) is 9.98 Å². The highest BCUT2D eigenvalue weighted by Gasteiger charge is 2.23. The number of hydrogen-bond donors (Lipinski definition) is 1. The first kappa shape index (κ1) is 13.1. The number of nitrogens with one attached hydrogen (secondary N) is 1. The molecule has 0 fully saturated rings. The number of hydrogen-bond acceptors (Lipinski definition) is 5. The second-order valence-electron chi connectivity index (χ2n) is 4.83. The topological polar surface area (TPSA) is 76.4 Å². The Hall–Kier alpha value is -1.89. The first-order valence-corrected chi connectivity index (χ1v) is 7.31. The Morgan fingerprint density at radius 1 is 1.50 bits per heavy atom. The maximum atomic E-state index is 12.4. The van der Waals surface area contributed by atoms with Gasteiger partial charge in [-0.3, -0.25) is 14.3 Å². The SMILES string of the molecule is CCn1c(=O)[nH]c2sc(C3=N[C@H](C)CO3)c(C)c2c1=O. The van der Waals surface area contributed by atoms with Gasteiger partial charge >= 0.3 is 5.69 Å². The number of rotatable bonds is 2. The third-order valence-electron chi connectivity index (χ3n) is 3.38. The summed E-state index contributed by atoms with van der Waals surface area (Å²) in [6.45, 7) is 6.52. The molecule has 106 valence electrons. The van der Waals surface area contributed by atoms with E-state index in [9.17, 15) is 9.59 Å². The highest BCUT2D eigenvalue weighted by molar-refractivity contribution is 7.20. The summed E-state index contributed by atoms with van der Waals surface area (Å²) >= 11 is 1.35. The van der Waals surface area contributed by atoms with E-state index in [-0.39, 0.29) is 17.3 Å². The van der Waals surface area contributed by atoms with E-state index in [1.54, 1.807) is 6.92 Å². The fourth-order valence-electron chi connectivity index (χ4n) is 2.34. The molecule has 0 unspecified atom stereocenters. The van der Waals surface area contributed by atoms with Crippen molar-refractivity contribution in [2.75, 3.05) is 6.61 Å². The number of aromatic amines is 1. The molecule has 2 aromatic heterocycles. The van der Waals surface area contributed by atoms with Gasteiger partial charge in [0.05, 0.1) is 16.3 Å². The molecule has 0 spiro atoms. The summed E-state index contributed by atoms with van der Waals surface area (Å²) in [7, 11) is 0. The first-order valence-electron chi connectivity index (χ1n) is 6.50. The zero-order valence-corrected chi connectivity index (χ0v) is 12.3. The Kier molecular flexibility index (Phi) is 3.01. The molecule has 1 aliphatic heterocycles. The van der Waals surface area contributed by atoms with Crippen LogP contribution in [-0.4, -0.2) is 28.1 Å². The molecule has 1 aliphatic rings. The molecule has 0 amide bonds. The van der Waals surface area contributed by atoms with E-state index in [4.69, 9.17) is 4.74 Å². The molecule has 0 saturated carbocycles. The van der Waals surface area contributed by atoms with Gasteiger partial charge < -0.3 is 4.74 Å². The average Bonchev–Trinajstić information content (AvgIpc) is 2.94. The molecular formula is C13H15N3O3S. The third-order valence-corrected chi connectivity index (χ3v) is 4.58. The third kappa shape index (κ3) is 1.81. The molecule has 3 heterocycles. The number of aromatic nitrogens is 2. The summed E-state index contributed by atoms with van der Waals surface area (Å²) in [6, 6.07) is 0.126. The molecule has 7 heteroatoms. The maximum absolute atomic E-state index is 12.4. The van der Waals surface area contributed by atoms with Gasteiger partial charge in [0.2, 0.25) is 5.90 Å². The summed E-state index contributed by atoms with van der Waals surface area (Å²) in [5.41, 5.74) is 0.194. The molecule has 20 heavy (non-hydrogen) atoms. The minimum Gasteiger partial charge on any atom is -0.475 e. The van der Waals surface area contributed by atoms with Crippen molar-refractivity contribution in [3.63, 3.8) is 0 Å². The van der Waals surface area contributed by atoms with Gasteiger partial charge in [-0.2, -0.15) is 0 Å². The molecule has 2 aromatic rings. The fraction of sp³-hybridized carbons (Fsp3) is 0.462. The average molecular weight is 293 g/mol. The Bertz CT molecular complexity index is 828. The van der Waals surface area contributed by atoms with Crippen LogP contribution in [0.15, 0.2) is 14.6 Å². The smallest absolute Gasteiger partial charge is 0.329 e. The van der Waals surface area contributed by atoms with Crippen LogP contribution in [0.5, 0.6) is 0 Å². The number of thiophene rings is 1. The quantitative estimate of drug-likeness (QED) is 0.905. The van der Waals surface area contributed by atoms with Gasteiger partial charge in [0.1, 0.15) is 11.4 Å². The van der Waals surface area contributed by atoms with Crippen molar-refractivity contribution in [3.05, 3.63) is 31.3 Å². The molecular weight excluding hydrogens is 278 g/mol. The van der Waals surface area contributed by atoms with Crippen LogP contribution in [0.4, 0.5) is 0 Å². The Balaban J connectivity index is 2.31. The van der Waals surface area contributed by atoms with Crippen molar-refractivity contribution in [1.29, 1.82) is 0 Å². The van der Waals surface area contributed by atoms with Crippen LogP contribution >= 0.6 is 11.3 Å². The molecule has 0 saturated heterocycles. The second kappa shape index (κ2) is 4.59. The predicted molar refractivity (Wildman–Crippen MR) is 79.1 cm³/mol. The highest BCUT2D eigenvalue weighted by atomic mass is 32.1. The molecule has 0 bridgehead atoms. The van der Waals surface area contributed by atoms with E-state index in [1.165, 1.54) is 15.9 Å². The number of fused-ring (bicyclic) bond motifs is 1. The monoisotopic (exact) mass is 293 g/mol. The van der Waals surface area contributed by atoms with E-state index in [0.717, 1.165) is 10.4 Å². The van der Waals surface area contributed by atoms with Gasteiger partial charge in [-0.1, -0.05) is 0 Å². The zero-order valence-electron chi connectivity index (χ0n) is 11.5. The Labute approximate surface area is 118 Å². The van der Waals surface area contributed by atoms with Crippen LogP contribution in [0, 0.1) is 6.92 Å². The molecule has 1 N–H and O–H groups in total. The fourth-order valence-corrected chi connectivity index (χ4v) is 3.48. The van der Waals surface area contributed by atoms with Gasteiger partial charge in [-0.15, -0.1) is 11.3 Å². The van der Waals surface area contributed by atoms with Crippen LogP contribution in [-0.2, 0) is 11.3 Å². The lowest BCUT2D eigenvalue weighted by Crippen LogP contribution is -2.34. The summed E-state index contributed by atoms with van der Waals surface area (Å²) in [5.74, 6) is 0.569. The van der Waals surface area contributed by atoms with Crippen molar-refractivity contribution in [1.82, 2.24) is 9.55 Å². The number of ether oxygens (including phenoxy) is 1. The van der Waals surface area contributed by atoms with Gasteiger partial charge in [0, 0.05) is 6.54 Å². The van der Waals surface area contributed by atoms with Crippen molar-refractivity contribution in [2.24, 2.45) is 4.99 Å². The predicted octanol–water partition coefficient (Wildman–Crippen LogP) is 1.24. The summed E-state index contributed by atoms with van der Waals surface area (Å²) in [6.07, 6.45) is 0. The lowest BCUT2D eigenvalue weighted by atomic mass is 10.2. The van der Waals surface area contributed by atoms with Crippen LogP contribution in [0.2, 0.25) is 0 Å². The number of H-pyrrole nitrogens is 1. The molecule has 0 radical (unpaired) electrons. The summed E-state index contributed by atoms with van der Waals surface area (Å²) in [5, 5.41) is 0.553. The number of aliphatic imine (C=N–C) groups is 1. The van der Waals surface area contributed by atoms with Crippen molar-refractivity contribution in [2.45, 2.75) is 33.4 Å². The second-order valence-corrected chi connectivity index (χ2v) is 5.85. The minimum atomic E-state index is -0.375. The molecule has 1 atom stereocenters. The highest BCUT2D eigenvalue weighted by Crippen LogP contribution is 2.28. The Morgan fingerprint density at radius 3 is 2.85 bits per heavy atom. The number of nitrogens with zero attached hydrogens (tertiary/aromatic N) is 2. The van der Waals surface area contributed by atoms with Crippen molar-refractivity contribution < 1.29 is 4.74 Å². The lowest BCUT2D eigenvalue weighted by molar-refractivity contribution is 0.324. The maximum Gasteiger partial charge on any atom is 0.329 e. The van der Waals surface area contributed by atoms with Crippen molar-refractivity contribution in [3.8, 4) is 0 Å². The molecule has 6 nitrogen and oxygen atoms in total. The largest absolute Gasteiger partial charge is 0.475 e. The van der Waals surface area contributed by atoms with E-state index in [0.29, 0.717) is 29.3 Å². The first-order chi connectivity index (χ1) is 9.52. The van der Waals surface area contributed by atoms with Gasteiger partial charge in [-0.05, 0) is 26.3 Å². The van der Waals surface area contributed by atoms with E-state index < -0.39 is 0 Å². The summed E-state index contributed by atoms with van der Waals surface area (Å²) < 4.78 is 6.75. The zero-order chi connectivity index (χ0) is 14.4. The standard InChI is InChI=1S/C13H15N3O3S/c1-4-16-12(17)8-7(3)9(10-14-6(2)5-19-10)20-11(8)15-13(16)18/h6H,4-5H2,1-3H3,(H,15,18)/t6-/m1/s1. The van der Waals surface area contributed by atoms with Crippen LogP contribution in [0.25, 0.3) is 10.2 Å². The number of aryl methyl sites for hydroxylation is 1. The normalized spacial score (nSPS) is 18.4. The lowest BCUT2D eigenvalue weighted by Gasteiger charge is -2.00. The Morgan fingerprint density at radius 2 is 2.25 bits per heavy atom. The molecule has 0 aromatic carbocycles. The van der Waals surface area contributed by atoms with Gasteiger partial charge in [0.15, 0.2) is 0 Å². The molecule has 3 rings (SSSR count).